The monoisotopic (exact) mass is 503 g/mol. The van der Waals surface area contributed by atoms with E-state index in [1.807, 2.05) is 36.2 Å². The molecule has 0 aliphatic carbocycles. The predicted octanol–water partition coefficient (Wildman–Crippen LogP) is 3.23. The van der Waals surface area contributed by atoms with Crippen LogP contribution in [0.5, 0.6) is 0 Å². The number of nitriles is 1. The molecule has 3 aliphatic heterocycles. The van der Waals surface area contributed by atoms with Crippen molar-refractivity contribution in [3.05, 3.63) is 30.6 Å². The minimum Gasteiger partial charge on any atom is -0.375 e. The maximum Gasteiger partial charge on any atom is 0.241 e. The molecule has 0 aromatic carbocycles. The van der Waals surface area contributed by atoms with Gasteiger partial charge in [0.15, 0.2) is 11.4 Å². The van der Waals surface area contributed by atoms with E-state index in [9.17, 15) is 5.26 Å². The van der Waals surface area contributed by atoms with Crippen LogP contribution in [0.1, 0.15) is 27.2 Å². The topological polar surface area (TPSA) is 107 Å². The second-order valence-corrected chi connectivity index (χ2v) is 10.4. The summed E-state index contributed by atoms with van der Waals surface area (Å²) in [6.07, 6.45) is 3.02. The van der Waals surface area contributed by atoms with E-state index in [0.717, 1.165) is 40.5 Å². The number of aromatic nitrogens is 4. The highest BCUT2D eigenvalue weighted by Crippen LogP contribution is 2.35. The first-order valence-corrected chi connectivity index (χ1v) is 12.7. The zero-order chi connectivity index (χ0) is 25.7. The quantitative estimate of drug-likeness (QED) is 0.566. The second-order valence-electron chi connectivity index (χ2n) is 10.4. The number of hydrogen-bond donors (Lipinski definition) is 1. The van der Waals surface area contributed by atoms with Crippen molar-refractivity contribution in [2.45, 2.75) is 51.0 Å². The lowest BCUT2D eigenvalue weighted by Crippen LogP contribution is -2.65. The SMILES string of the molecule is CC1=Nc2ccc(-c3ccn4nc(N[C@H]5CCN(C6(C#N)COC6)C[C@H]5F)ncc34)nc2N(C(C)C)C1. The Labute approximate surface area is 214 Å². The number of rotatable bonds is 5. The predicted molar refractivity (Wildman–Crippen MR) is 139 cm³/mol. The Morgan fingerprint density at radius 1 is 1.27 bits per heavy atom. The van der Waals surface area contributed by atoms with Gasteiger partial charge in [0.05, 0.1) is 49.3 Å². The van der Waals surface area contributed by atoms with Crippen molar-refractivity contribution in [2.75, 3.05) is 43.1 Å². The molecule has 0 bridgehead atoms. The molecule has 11 heteroatoms. The van der Waals surface area contributed by atoms with Gasteiger partial charge in [0.2, 0.25) is 5.95 Å². The van der Waals surface area contributed by atoms with Gasteiger partial charge in [0, 0.05) is 36.6 Å². The smallest absolute Gasteiger partial charge is 0.241 e. The minimum atomic E-state index is -1.14. The van der Waals surface area contributed by atoms with Crippen molar-refractivity contribution in [2.24, 2.45) is 4.99 Å². The number of nitrogens with one attached hydrogen (secondary N) is 1. The molecule has 1 N–H and O–H groups in total. The van der Waals surface area contributed by atoms with Crippen LogP contribution in [0.4, 0.5) is 21.8 Å². The lowest BCUT2D eigenvalue weighted by molar-refractivity contribution is -0.121. The van der Waals surface area contributed by atoms with Crippen molar-refractivity contribution in [3.8, 4) is 17.3 Å². The Morgan fingerprint density at radius 3 is 2.81 bits per heavy atom. The standard InChI is InChI=1S/C26H30FN9O/c1-16(2)35-11-17(3)30-22-5-4-20(31-24(22)35)18-6-9-36-23(18)10-29-25(33-36)32-21-7-8-34(12-19(21)27)26(13-28)14-37-15-26/h4-6,9-10,16,19,21H,7-8,11-12,14-15H2,1-3H3,(H,32,33)/t19-,21+/m1/s1. The van der Waals surface area contributed by atoms with Crippen molar-refractivity contribution in [3.63, 3.8) is 0 Å². The van der Waals surface area contributed by atoms with Crippen molar-refractivity contribution in [1.29, 1.82) is 5.26 Å². The molecule has 2 atom stereocenters. The molecule has 10 nitrogen and oxygen atoms in total. The van der Waals surface area contributed by atoms with Crippen molar-refractivity contribution in [1.82, 2.24) is 24.5 Å². The average Bonchev–Trinajstić information content (AvgIpc) is 3.28. The first kappa shape index (κ1) is 23.8. The van der Waals surface area contributed by atoms with E-state index < -0.39 is 17.8 Å². The third-order valence-electron chi connectivity index (χ3n) is 7.50. The largest absolute Gasteiger partial charge is 0.375 e. The highest BCUT2D eigenvalue weighted by Gasteiger charge is 2.48. The van der Waals surface area contributed by atoms with Gasteiger partial charge in [-0.05, 0) is 45.4 Å². The second kappa shape index (κ2) is 9.04. The summed E-state index contributed by atoms with van der Waals surface area (Å²) >= 11 is 0. The molecule has 2 saturated heterocycles. The van der Waals surface area contributed by atoms with E-state index >= 15 is 4.39 Å². The van der Waals surface area contributed by atoms with Crippen LogP contribution in [0.25, 0.3) is 16.8 Å². The minimum absolute atomic E-state index is 0.186. The zero-order valence-corrected chi connectivity index (χ0v) is 21.2. The van der Waals surface area contributed by atoms with Crippen LogP contribution in [0.3, 0.4) is 0 Å². The Bertz CT molecular complexity index is 1410. The summed E-state index contributed by atoms with van der Waals surface area (Å²) in [5, 5.41) is 17.3. The molecule has 2 fully saturated rings. The number of nitrogens with zero attached hydrogens (tertiary/aromatic N) is 8. The summed E-state index contributed by atoms with van der Waals surface area (Å²) in [5.41, 5.74) is 3.83. The Hall–Kier alpha value is -3.62. The van der Waals surface area contributed by atoms with Gasteiger partial charge in [0.25, 0.3) is 0 Å². The number of aliphatic imine (C=N–C) groups is 1. The van der Waals surface area contributed by atoms with E-state index in [4.69, 9.17) is 9.72 Å². The fourth-order valence-corrected chi connectivity index (χ4v) is 5.30. The van der Waals surface area contributed by atoms with Crippen LogP contribution in [0.15, 0.2) is 35.6 Å². The Kier molecular flexibility index (Phi) is 5.81. The molecule has 0 spiro atoms. The summed E-state index contributed by atoms with van der Waals surface area (Å²) in [4.78, 5) is 18.3. The first-order valence-electron chi connectivity index (χ1n) is 12.7. The van der Waals surface area contributed by atoms with Crippen LogP contribution >= 0.6 is 0 Å². The van der Waals surface area contributed by atoms with Crippen LogP contribution in [-0.4, -0.2) is 86.8 Å². The number of likely N-dealkylation sites (tertiary alicyclic amines) is 1. The summed E-state index contributed by atoms with van der Waals surface area (Å²) < 4.78 is 22.0. The van der Waals surface area contributed by atoms with E-state index in [1.54, 1.807) is 10.7 Å². The highest BCUT2D eigenvalue weighted by atomic mass is 19.1. The Balaban J connectivity index is 1.21. The molecule has 0 unspecified atom stereocenters. The van der Waals surface area contributed by atoms with E-state index in [1.165, 1.54) is 0 Å². The fraction of sp³-hybridized carbons (Fsp3) is 0.500. The number of anilines is 2. The van der Waals surface area contributed by atoms with E-state index in [-0.39, 0.29) is 6.54 Å². The molecule has 0 radical (unpaired) electrons. The lowest BCUT2D eigenvalue weighted by Gasteiger charge is -2.48. The zero-order valence-electron chi connectivity index (χ0n) is 21.2. The van der Waals surface area contributed by atoms with Gasteiger partial charge in [-0.15, -0.1) is 5.10 Å². The lowest BCUT2D eigenvalue weighted by atomic mass is 9.92. The third kappa shape index (κ3) is 4.10. The molecule has 3 aliphatic rings. The van der Waals surface area contributed by atoms with E-state index in [0.29, 0.717) is 38.2 Å². The molecular weight excluding hydrogens is 473 g/mol. The van der Waals surface area contributed by atoms with Crippen LogP contribution in [-0.2, 0) is 4.74 Å². The van der Waals surface area contributed by atoms with Gasteiger partial charge in [-0.3, -0.25) is 9.89 Å². The molecule has 37 heavy (non-hydrogen) atoms. The van der Waals surface area contributed by atoms with Gasteiger partial charge in [-0.25, -0.2) is 18.9 Å². The van der Waals surface area contributed by atoms with Crippen LogP contribution < -0.4 is 10.2 Å². The number of hydrogen-bond acceptors (Lipinski definition) is 9. The van der Waals surface area contributed by atoms with Crippen molar-refractivity contribution < 1.29 is 9.13 Å². The molecule has 6 heterocycles. The summed E-state index contributed by atoms with van der Waals surface area (Å²) in [6, 6.07) is 8.14. The summed E-state index contributed by atoms with van der Waals surface area (Å²) in [6.45, 7) is 8.59. The number of alkyl halides is 1. The maximum atomic E-state index is 15.1. The van der Waals surface area contributed by atoms with Crippen molar-refractivity contribution >= 4 is 28.7 Å². The summed E-state index contributed by atoms with van der Waals surface area (Å²) in [7, 11) is 0. The molecule has 3 aromatic heterocycles. The number of piperidine rings is 1. The number of pyridine rings is 1. The molecule has 0 saturated carbocycles. The average molecular weight is 504 g/mol. The first-order chi connectivity index (χ1) is 17.9. The molecular formula is C26H30FN9O. The van der Waals surface area contributed by atoms with Gasteiger partial charge in [-0.1, -0.05) is 0 Å². The highest BCUT2D eigenvalue weighted by molar-refractivity contribution is 5.94. The number of ether oxygens (including phenoxy) is 1. The van der Waals surface area contributed by atoms with Crippen LogP contribution in [0, 0.1) is 11.3 Å². The van der Waals surface area contributed by atoms with E-state index in [2.05, 4.69) is 45.2 Å². The van der Waals surface area contributed by atoms with Gasteiger partial charge < -0.3 is 15.0 Å². The third-order valence-corrected chi connectivity index (χ3v) is 7.50. The fourth-order valence-electron chi connectivity index (χ4n) is 5.30. The Morgan fingerprint density at radius 2 is 2.11 bits per heavy atom. The summed E-state index contributed by atoms with van der Waals surface area (Å²) in [5.74, 6) is 1.25. The maximum absolute atomic E-state index is 15.1. The molecule has 0 amide bonds. The van der Waals surface area contributed by atoms with Crippen LogP contribution in [0.2, 0.25) is 0 Å². The molecule has 192 valence electrons. The normalized spacial score (nSPS) is 23.4. The molecule has 6 rings (SSSR count). The number of halogens is 1. The van der Waals surface area contributed by atoms with Gasteiger partial charge >= 0.3 is 0 Å². The van der Waals surface area contributed by atoms with Gasteiger partial charge in [-0.2, -0.15) is 5.26 Å². The molecule has 3 aromatic rings. The number of fused-ring (bicyclic) bond motifs is 2. The van der Waals surface area contributed by atoms with Gasteiger partial charge in [0.1, 0.15) is 11.9 Å².